The summed E-state index contributed by atoms with van der Waals surface area (Å²) >= 11 is 0. The molecule has 0 aliphatic carbocycles. The second kappa shape index (κ2) is 5.06. The van der Waals surface area contributed by atoms with Crippen molar-refractivity contribution in [3.63, 3.8) is 0 Å². The van der Waals surface area contributed by atoms with Gasteiger partial charge < -0.3 is 5.11 Å². The van der Waals surface area contributed by atoms with Crippen LogP contribution in [-0.2, 0) is 6.42 Å². The Balaban J connectivity index is 0.00000121. The fourth-order valence-electron chi connectivity index (χ4n) is 1.04. The van der Waals surface area contributed by atoms with Gasteiger partial charge >= 0.3 is 25.8 Å². The molecule has 0 aliphatic rings. The predicted molar refractivity (Wildman–Crippen MR) is 52.7 cm³/mol. The van der Waals surface area contributed by atoms with Crippen LogP contribution in [0.25, 0.3) is 0 Å². The van der Waals surface area contributed by atoms with Crippen molar-refractivity contribution in [2.45, 2.75) is 13.3 Å². The van der Waals surface area contributed by atoms with Crippen LogP contribution in [0.4, 0.5) is 0 Å². The first kappa shape index (κ1) is 11.3. The van der Waals surface area contributed by atoms with Crippen LogP contribution >= 0.6 is 0 Å². The molecule has 0 heterocycles. The summed E-state index contributed by atoms with van der Waals surface area (Å²) in [6.07, 6.45) is 0.766. The number of rotatable bonds is 2. The molecule has 0 aliphatic heterocycles. The molecule has 1 aromatic carbocycles. The first-order chi connectivity index (χ1) is 5.25. The monoisotopic (exact) mass is 222 g/mol. The average molecular weight is 223 g/mol. The molecule has 0 fully saturated rings. The molecule has 0 amide bonds. The van der Waals surface area contributed by atoms with Crippen LogP contribution in [0.1, 0.15) is 22.8 Å². The summed E-state index contributed by atoms with van der Waals surface area (Å²) in [4.78, 5) is 10.6. The van der Waals surface area contributed by atoms with Crippen molar-refractivity contribution in [3.8, 4) is 0 Å². The normalized spacial score (nSPS) is 8.75. The molecule has 1 N–H and O–H groups in total. The molecular weight excluding hydrogens is 210 g/mol. The zero-order valence-corrected chi connectivity index (χ0v) is 6.37. The topological polar surface area (TPSA) is 37.3 Å². The molecule has 1 rings (SSSR count). The maximum atomic E-state index is 10.6. The fraction of sp³-hybridized carbons (Fsp3) is 0.222. The van der Waals surface area contributed by atoms with Gasteiger partial charge in [0, 0.05) is 0 Å². The molecule has 2 nitrogen and oxygen atoms in total. The van der Waals surface area contributed by atoms with Crippen molar-refractivity contribution < 1.29 is 9.90 Å². The van der Waals surface area contributed by atoms with E-state index in [9.17, 15) is 4.79 Å². The summed E-state index contributed by atoms with van der Waals surface area (Å²) in [5.41, 5.74) is 1.30. The van der Waals surface area contributed by atoms with Crippen molar-refractivity contribution in [3.05, 3.63) is 35.4 Å². The van der Waals surface area contributed by atoms with Crippen LogP contribution in [0.3, 0.4) is 0 Å². The van der Waals surface area contributed by atoms with Gasteiger partial charge in [-0.3, -0.25) is 0 Å². The van der Waals surface area contributed by atoms with Crippen LogP contribution < -0.4 is 0 Å². The van der Waals surface area contributed by atoms with Crippen LogP contribution in [0.15, 0.2) is 24.3 Å². The van der Waals surface area contributed by atoms with E-state index in [-0.39, 0.29) is 19.8 Å². The van der Waals surface area contributed by atoms with Crippen LogP contribution in [0, 0.1) is 0 Å². The molecule has 0 atom stereocenters. The van der Waals surface area contributed by atoms with Gasteiger partial charge in [-0.1, -0.05) is 25.1 Å². The summed E-state index contributed by atoms with van der Waals surface area (Å²) < 4.78 is 0. The molecule has 1 aromatic rings. The number of carboxylic acids is 1. The Morgan fingerprint density at radius 3 is 2.42 bits per heavy atom. The summed E-state index contributed by atoms with van der Waals surface area (Å²) in [6.45, 7) is 1.95. The van der Waals surface area contributed by atoms with E-state index in [0.717, 1.165) is 12.0 Å². The fourth-order valence-corrected chi connectivity index (χ4v) is 1.04. The first-order valence-electron chi connectivity index (χ1n) is 3.57. The number of carboxylic acid groups (broad SMARTS) is 1. The van der Waals surface area contributed by atoms with E-state index in [1.807, 2.05) is 19.1 Å². The number of benzene rings is 1. The van der Waals surface area contributed by atoms with E-state index in [2.05, 4.69) is 0 Å². The molecule has 0 aromatic heterocycles. The number of hydrogen-bond acceptors (Lipinski definition) is 1. The van der Waals surface area contributed by atoms with E-state index >= 15 is 0 Å². The van der Waals surface area contributed by atoms with Gasteiger partial charge in [-0.2, -0.15) is 0 Å². The van der Waals surface area contributed by atoms with Gasteiger partial charge in [0.25, 0.3) is 0 Å². The van der Waals surface area contributed by atoms with Crippen molar-refractivity contribution in [2.75, 3.05) is 0 Å². The third-order valence-corrected chi connectivity index (χ3v) is 1.63. The van der Waals surface area contributed by atoms with E-state index in [0.29, 0.717) is 5.56 Å². The molecule has 0 unspecified atom stereocenters. The minimum absolute atomic E-state index is 0. The molecule has 0 saturated heterocycles. The summed E-state index contributed by atoms with van der Waals surface area (Å²) in [5.74, 6) is -0.845. The van der Waals surface area contributed by atoms with Crippen molar-refractivity contribution in [2.24, 2.45) is 0 Å². The molecule has 0 bridgehead atoms. The van der Waals surface area contributed by atoms with E-state index in [1.54, 1.807) is 12.1 Å². The Kier molecular flexibility index (Phi) is 4.77. The van der Waals surface area contributed by atoms with Gasteiger partial charge in [0.15, 0.2) is 0 Å². The molecule has 0 spiro atoms. The number of hydrogen-bond donors (Lipinski definition) is 1. The Labute approximate surface area is 84.7 Å². The number of aromatic carboxylic acids is 1. The summed E-state index contributed by atoms with van der Waals surface area (Å²) in [6, 6.07) is 7.05. The standard InChI is InChI=1S/C9H10O2.Ga.3H/c1-2-7-5-3-4-6-8(7)9(10)11;;;;/h3-6H,2H2,1H3,(H,10,11);;;;. The van der Waals surface area contributed by atoms with Crippen molar-refractivity contribution in [1.82, 2.24) is 0 Å². The zero-order valence-electron chi connectivity index (χ0n) is 6.37. The molecule has 3 heteroatoms. The van der Waals surface area contributed by atoms with Gasteiger partial charge in [-0.15, -0.1) is 0 Å². The number of aryl methyl sites for hydroxylation is 1. The first-order valence-corrected chi connectivity index (χ1v) is 3.57. The number of carbonyl (C=O) groups is 1. The van der Waals surface area contributed by atoms with E-state index in [4.69, 9.17) is 5.11 Å². The maximum absolute atomic E-state index is 10.6. The van der Waals surface area contributed by atoms with Gasteiger partial charge in [-0.25, -0.2) is 4.79 Å². The Morgan fingerprint density at radius 2 is 2.00 bits per heavy atom. The van der Waals surface area contributed by atoms with Crippen LogP contribution in [-0.4, -0.2) is 30.9 Å². The van der Waals surface area contributed by atoms with Crippen LogP contribution in [0.5, 0.6) is 0 Å². The second-order valence-electron chi connectivity index (χ2n) is 2.32. The molecule has 0 saturated carbocycles. The van der Waals surface area contributed by atoms with Gasteiger partial charge in [-0.05, 0) is 18.1 Å². The third-order valence-electron chi connectivity index (χ3n) is 1.63. The van der Waals surface area contributed by atoms with Crippen molar-refractivity contribution in [1.29, 1.82) is 0 Å². The molecule has 12 heavy (non-hydrogen) atoms. The molecule has 0 radical (unpaired) electrons. The van der Waals surface area contributed by atoms with Gasteiger partial charge in [0.2, 0.25) is 0 Å². The third kappa shape index (κ3) is 2.43. The van der Waals surface area contributed by atoms with Gasteiger partial charge in [0.1, 0.15) is 0 Å². The van der Waals surface area contributed by atoms with E-state index in [1.165, 1.54) is 0 Å². The second-order valence-corrected chi connectivity index (χ2v) is 2.32. The predicted octanol–water partition coefficient (Wildman–Crippen LogP) is 0.763. The van der Waals surface area contributed by atoms with Crippen LogP contribution in [0.2, 0.25) is 0 Å². The average Bonchev–Trinajstić information content (AvgIpc) is 2.04. The van der Waals surface area contributed by atoms with E-state index < -0.39 is 5.97 Å². The van der Waals surface area contributed by atoms with Gasteiger partial charge in [0.05, 0.1) is 5.56 Å². The summed E-state index contributed by atoms with van der Waals surface area (Å²) in [5, 5.41) is 8.70. The van der Waals surface area contributed by atoms with Crippen molar-refractivity contribution >= 4 is 25.8 Å². The Morgan fingerprint density at radius 1 is 1.42 bits per heavy atom. The quantitative estimate of drug-likeness (QED) is 0.751. The summed E-state index contributed by atoms with van der Waals surface area (Å²) in [7, 11) is 0. The Hall–Kier alpha value is -0.674. The molecule has 64 valence electrons. The molecular formula is C9H13GaO2. The Bertz CT molecular complexity index is 271. The SMILES string of the molecule is CCc1ccccc1C(=O)O.[GaH3]. The zero-order chi connectivity index (χ0) is 8.27. The minimum atomic E-state index is -0.845.